The molecule has 3 aromatic carbocycles. The van der Waals surface area contributed by atoms with Crippen LogP contribution in [-0.4, -0.2) is 24.0 Å². The van der Waals surface area contributed by atoms with E-state index in [1.54, 1.807) is 0 Å². The van der Waals surface area contributed by atoms with Gasteiger partial charge in [-0.15, -0.1) is 23.5 Å². The van der Waals surface area contributed by atoms with Crippen LogP contribution in [0.25, 0.3) is 0 Å². The molecule has 1 fully saturated rings. The van der Waals surface area contributed by atoms with Crippen molar-refractivity contribution in [3.05, 3.63) is 90.0 Å². The minimum absolute atomic E-state index is 0.0292. The highest BCUT2D eigenvalue weighted by Gasteiger charge is 2.18. The van der Waals surface area contributed by atoms with E-state index in [0.717, 1.165) is 11.3 Å². The van der Waals surface area contributed by atoms with Crippen molar-refractivity contribution in [2.24, 2.45) is 0 Å². The zero-order valence-corrected chi connectivity index (χ0v) is 18.1. The summed E-state index contributed by atoms with van der Waals surface area (Å²) in [7, 11) is 0. The van der Waals surface area contributed by atoms with Crippen LogP contribution in [0, 0.1) is 0 Å². The monoisotopic (exact) mass is 437 g/mol. The van der Waals surface area contributed by atoms with Crippen LogP contribution < -0.4 is 14.8 Å². The first-order valence-electron chi connectivity index (χ1n) is 9.79. The molecule has 0 aliphatic carbocycles. The molecule has 0 aromatic heterocycles. The van der Waals surface area contributed by atoms with Gasteiger partial charge in [-0.3, -0.25) is 4.79 Å². The predicted molar refractivity (Wildman–Crippen MR) is 125 cm³/mol. The lowest BCUT2D eigenvalue weighted by Gasteiger charge is -2.11. The van der Waals surface area contributed by atoms with E-state index >= 15 is 0 Å². The van der Waals surface area contributed by atoms with Crippen LogP contribution in [0.5, 0.6) is 11.5 Å². The van der Waals surface area contributed by atoms with E-state index in [1.165, 1.54) is 17.1 Å². The molecule has 0 bridgehead atoms. The van der Waals surface area contributed by atoms with E-state index in [4.69, 9.17) is 9.47 Å². The van der Waals surface area contributed by atoms with Gasteiger partial charge in [-0.1, -0.05) is 42.5 Å². The molecule has 1 amide bonds. The molecule has 0 spiro atoms. The summed E-state index contributed by atoms with van der Waals surface area (Å²) in [6.45, 7) is 0.482. The molecule has 1 N–H and O–H groups in total. The molecular formula is C24H23NO3S2. The van der Waals surface area contributed by atoms with Gasteiger partial charge in [-0.05, 0) is 47.5 Å². The molecule has 1 heterocycles. The molecule has 1 aliphatic rings. The SMILES string of the molecule is O=C(COc1ccc(C2SCCS2)cc1)Nc1ccc(OCc2ccccc2)cc1. The predicted octanol–water partition coefficient (Wildman–Crippen LogP) is 5.76. The molecule has 0 atom stereocenters. The highest BCUT2D eigenvalue weighted by Crippen LogP contribution is 2.45. The number of hydrogen-bond donors (Lipinski definition) is 1. The van der Waals surface area contributed by atoms with Crippen molar-refractivity contribution in [1.29, 1.82) is 0 Å². The number of nitrogens with one attached hydrogen (secondary N) is 1. The standard InChI is InChI=1S/C24H23NO3S2/c26-23(17-28-21-10-6-19(7-11-21)24-29-14-15-30-24)25-20-8-12-22(13-9-20)27-16-18-4-2-1-3-5-18/h1-13,24H,14-17H2,(H,25,26). The summed E-state index contributed by atoms with van der Waals surface area (Å²) in [6.07, 6.45) is 0. The van der Waals surface area contributed by atoms with Crippen molar-refractivity contribution in [1.82, 2.24) is 0 Å². The lowest BCUT2D eigenvalue weighted by molar-refractivity contribution is -0.118. The van der Waals surface area contributed by atoms with Crippen LogP contribution in [-0.2, 0) is 11.4 Å². The number of ether oxygens (including phenoxy) is 2. The Balaban J connectivity index is 1.21. The van der Waals surface area contributed by atoms with Gasteiger partial charge in [0.05, 0.1) is 4.58 Å². The molecule has 4 nitrogen and oxygen atoms in total. The fourth-order valence-corrected chi connectivity index (χ4v) is 5.85. The Morgan fingerprint density at radius 3 is 2.17 bits per heavy atom. The fourth-order valence-electron chi connectivity index (χ4n) is 2.99. The molecule has 30 heavy (non-hydrogen) atoms. The van der Waals surface area contributed by atoms with Gasteiger partial charge in [0.15, 0.2) is 6.61 Å². The second-order valence-electron chi connectivity index (χ2n) is 6.78. The van der Waals surface area contributed by atoms with Gasteiger partial charge in [0, 0.05) is 17.2 Å². The van der Waals surface area contributed by atoms with Crippen LogP contribution in [0.1, 0.15) is 15.7 Å². The molecular weight excluding hydrogens is 414 g/mol. The minimum atomic E-state index is -0.195. The lowest BCUT2D eigenvalue weighted by atomic mass is 10.2. The Bertz CT molecular complexity index is 940. The fraction of sp³-hybridized carbons (Fsp3) is 0.208. The Hall–Kier alpha value is -2.57. The molecule has 3 aromatic rings. The van der Waals surface area contributed by atoms with Crippen molar-refractivity contribution in [2.45, 2.75) is 11.2 Å². The van der Waals surface area contributed by atoms with E-state index in [2.05, 4.69) is 17.4 Å². The van der Waals surface area contributed by atoms with Crippen molar-refractivity contribution < 1.29 is 14.3 Å². The van der Waals surface area contributed by atoms with Crippen LogP contribution in [0.2, 0.25) is 0 Å². The van der Waals surface area contributed by atoms with E-state index in [-0.39, 0.29) is 12.5 Å². The third-order valence-electron chi connectivity index (χ3n) is 4.53. The van der Waals surface area contributed by atoms with Crippen LogP contribution in [0.4, 0.5) is 5.69 Å². The maximum Gasteiger partial charge on any atom is 0.262 e. The first kappa shape index (κ1) is 20.7. The Morgan fingerprint density at radius 1 is 0.833 bits per heavy atom. The number of amides is 1. The number of benzene rings is 3. The van der Waals surface area contributed by atoms with E-state index in [0.29, 0.717) is 22.6 Å². The van der Waals surface area contributed by atoms with E-state index < -0.39 is 0 Å². The summed E-state index contributed by atoms with van der Waals surface area (Å²) in [5.41, 5.74) is 3.12. The van der Waals surface area contributed by atoms with Gasteiger partial charge in [-0.25, -0.2) is 0 Å². The van der Waals surface area contributed by atoms with Gasteiger partial charge >= 0.3 is 0 Å². The largest absolute Gasteiger partial charge is 0.489 e. The Kier molecular flexibility index (Phi) is 7.21. The molecule has 1 aliphatic heterocycles. The van der Waals surface area contributed by atoms with Crippen LogP contribution in [0.3, 0.4) is 0 Å². The van der Waals surface area contributed by atoms with Crippen molar-refractivity contribution >= 4 is 35.1 Å². The molecule has 154 valence electrons. The number of thioether (sulfide) groups is 2. The van der Waals surface area contributed by atoms with Gasteiger partial charge in [-0.2, -0.15) is 0 Å². The van der Waals surface area contributed by atoms with Crippen molar-refractivity contribution in [2.75, 3.05) is 23.4 Å². The summed E-state index contributed by atoms with van der Waals surface area (Å²) in [5, 5.41) is 2.84. The maximum absolute atomic E-state index is 12.2. The summed E-state index contributed by atoms with van der Waals surface area (Å²) < 4.78 is 11.9. The van der Waals surface area contributed by atoms with Gasteiger partial charge in [0.1, 0.15) is 18.1 Å². The first-order chi connectivity index (χ1) is 14.8. The number of carbonyl (C=O) groups excluding carboxylic acids is 1. The van der Waals surface area contributed by atoms with E-state index in [9.17, 15) is 4.79 Å². The third-order valence-corrected chi connectivity index (χ3v) is 7.63. The quantitative estimate of drug-likeness (QED) is 0.485. The maximum atomic E-state index is 12.2. The average Bonchev–Trinajstić information content (AvgIpc) is 3.33. The zero-order valence-electron chi connectivity index (χ0n) is 16.5. The highest BCUT2D eigenvalue weighted by molar-refractivity contribution is 8.19. The molecule has 0 unspecified atom stereocenters. The van der Waals surface area contributed by atoms with Gasteiger partial charge < -0.3 is 14.8 Å². The third kappa shape index (κ3) is 5.97. The number of carbonyl (C=O) groups is 1. The van der Waals surface area contributed by atoms with E-state index in [1.807, 2.05) is 90.3 Å². The summed E-state index contributed by atoms with van der Waals surface area (Å²) in [5.74, 6) is 3.67. The van der Waals surface area contributed by atoms with Crippen LogP contribution in [0.15, 0.2) is 78.9 Å². The highest BCUT2D eigenvalue weighted by atomic mass is 32.2. The lowest BCUT2D eigenvalue weighted by Crippen LogP contribution is -2.20. The van der Waals surface area contributed by atoms with Crippen molar-refractivity contribution in [3.8, 4) is 11.5 Å². The topological polar surface area (TPSA) is 47.6 Å². The first-order valence-corrected chi connectivity index (χ1v) is 11.9. The Morgan fingerprint density at radius 2 is 1.47 bits per heavy atom. The summed E-state index contributed by atoms with van der Waals surface area (Å²) >= 11 is 3.95. The van der Waals surface area contributed by atoms with Gasteiger partial charge in [0.25, 0.3) is 5.91 Å². The number of anilines is 1. The zero-order chi connectivity index (χ0) is 20.6. The molecule has 1 saturated heterocycles. The Labute approximate surface area is 185 Å². The number of hydrogen-bond acceptors (Lipinski definition) is 5. The molecule has 0 saturated carbocycles. The van der Waals surface area contributed by atoms with Crippen LogP contribution >= 0.6 is 23.5 Å². The molecule has 6 heteroatoms. The number of rotatable bonds is 8. The molecule has 4 rings (SSSR count). The second kappa shape index (κ2) is 10.5. The normalized spacial score (nSPS) is 13.7. The smallest absolute Gasteiger partial charge is 0.262 e. The average molecular weight is 438 g/mol. The summed E-state index contributed by atoms with van der Waals surface area (Å²) in [6, 6.07) is 25.4. The summed E-state index contributed by atoms with van der Waals surface area (Å²) in [4.78, 5) is 12.2. The second-order valence-corrected chi connectivity index (χ2v) is 9.50. The minimum Gasteiger partial charge on any atom is -0.489 e. The molecule has 0 radical (unpaired) electrons. The van der Waals surface area contributed by atoms with Gasteiger partial charge in [0.2, 0.25) is 0 Å². The van der Waals surface area contributed by atoms with Crippen molar-refractivity contribution in [3.63, 3.8) is 0 Å².